The van der Waals surface area contributed by atoms with Gasteiger partial charge in [0.25, 0.3) is 17.7 Å². The van der Waals surface area contributed by atoms with Crippen LogP contribution < -0.4 is 33.2 Å². The summed E-state index contributed by atoms with van der Waals surface area (Å²) in [6.07, 6.45) is 9.92. The Bertz CT molecular complexity index is 4410. The van der Waals surface area contributed by atoms with Crippen molar-refractivity contribution >= 4 is 40.9 Å². The molecule has 15 rings (SSSR count). The fourth-order valence-electron chi connectivity index (χ4n) is 14.0. The summed E-state index contributed by atoms with van der Waals surface area (Å²) in [5.74, 6) is 4.16. The number of halogens is 3. The molecule has 0 aliphatic carbocycles. The van der Waals surface area contributed by atoms with Gasteiger partial charge in [-0.2, -0.15) is 5.10 Å². The molecular weight excluding hydrogens is 1280 g/mol. The first-order valence-corrected chi connectivity index (χ1v) is 33.4. The number of hydrogen-bond donors (Lipinski definition) is 0. The minimum Gasteiger partial charge on any atom is -0.497 e. The molecule has 6 aliphatic heterocycles. The van der Waals surface area contributed by atoms with Crippen molar-refractivity contribution in [2.75, 3.05) is 67.2 Å². The van der Waals surface area contributed by atoms with Crippen molar-refractivity contribution in [3.63, 3.8) is 0 Å². The van der Waals surface area contributed by atoms with Crippen LogP contribution in [0.25, 0.3) is 22.6 Å². The van der Waals surface area contributed by atoms with Crippen LogP contribution in [0.5, 0.6) is 40.2 Å². The lowest BCUT2D eigenvalue weighted by Gasteiger charge is -2.45. The number of para-hydroxylation sites is 1. The second kappa shape index (κ2) is 26.9. The normalized spacial score (nSPS) is 16.7. The molecule has 3 fully saturated rings. The molecule has 3 saturated heterocycles. The van der Waals surface area contributed by atoms with Gasteiger partial charge in [-0.1, -0.05) is 35.3 Å². The van der Waals surface area contributed by atoms with Crippen molar-refractivity contribution < 1.29 is 58.1 Å². The van der Waals surface area contributed by atoms with Crippen LogP contribution in [0.2, 0.25) is 10.0 Å². The predicted molar refractivity (Wildman–Crippen MR) is 369 cm³/mol. The van der Waals surface area contributed by atoms with Crippen molar-refractivity contribution in [2.24, 2.45) is 7.05 Å². The van der Waals surface area contributed by atoms with Gasteiger partial charge in [-0.3, -0.25) is 19.1 Å². The molecule has 1 atom stereocenters. The molecule has 506 valence electrons. The third kappa shape index (κ3) is 13.2. The van der Waals surface area contributed by atoms with Crippen molar-refractivity contribution in [3.05, 3.63) is 214 Å². The number of amides is 3. The van der Waals surface area contributed by atoms with E-state index in [1.54, 1.807) is 63.8 Å². The van der Waals surface area contributed by atoms with Crippen LogP contribution in [0.3, 0.4) is 0 Å². The van der Waals surface area contributed by atoms with E-state index >= 15 is 0 Å². The number of carbonyl (C=O) groups is 3. The largest absolute Gasteiger partial charge is 0.497 e. The SMILES string of the molecule is COc1cc(C(=O)N2CCC3(CC2)Oc2cc(F)ccc2-n2cccc23)ccc1OC[C@@H](C)OC.COc1cc(Cl)cc(C(=O)N2CCC3(CC2)Oc2cc(Cl)ccc2-n2cccc23)c1.Cn1ncc2c1-c1ccccc1OC21CCN(C(=O)c2ccc(OC(C)(C)C)cc2)CC1.[HH]. The van der Waals surface area contributed by atoms with Crippen LogP contribution in [0, 0.1) is 5.82 Å². The number of aryl methyl sites for hydroxylation is 1. The van der Waals surface area contributed by atoms with Gasteiger partial charge in [0.15, 0.2) is 22.7 Å². The van der Waals surface area contributed by atoms with E-state index in [2.05, 4.69) is 26.4 Å². The highest BCUT2D eigenvalue weighted by Crippen LogP contribution is 2.51. The number of ether oxygens (including phenoxy) is 8. The van der Waals surface area contributed by atoms with Gasteiger partial charge in [0.05, 0.1) is 55.0 Å². The zero-order chi connectivity index (χ0) is 68.0. The minimum atomic E-state index is -0.603. The van der Waals surface area contributed by atoms with Crippen LogP contribution in [0.1, 0.15) is 116 Å². The quantitative estimate of drug-likeness (QED) is 0.128. The molecule has 6 aliphatic rings. The molecule has 3 amide bonds. The number of nitrogens with zero attached hydrogens (tertiary/aromatic N) is 7. The summed E-state index contributed by atoms with van der Waals surface area (Å²) in [6, 6.07) is 44.3. The van der Waals surface area contributed by atoms with Gasteiger partial charge in [-0.05, 0) is 149 Å². The number of likely N-dealkylation sites (tertiary alicyclic amines) is 3. The molecule has 9 heterocycles. The van der Waals surface area contributed by atoms with E-state index in [0.29, 0.717) is 121 Å². The number of benzene rings is 6. The van der Waals surface area contributed by atoms with Gasteiger partial charge in [0.2, 0.25) is 0 Å². The van der Waals surface area contributed by atoms with Gasteiger partial charge in [0.1, 0.15) is 52.4 Å². The highest BCUT2D eigenvalue weighted by molar-refractivity contribution is 6.31. The molecule has 0 N–H and O–H groups in total. The van der Waals surface area contributed by atoms with Crippen LogP contribution in [-0.4, -0.2) is 130 Å². The summed E-state index contributed by atoms with van der Waals surface area (Å²) in [7, 11) is 6.71. The maximum absolute atomic E-state index is 13.9. The summed E-state index contributed by atoms with van der Waals surface area (Å²) in [4.78, 5) is 45.1. The Morgan fingerprint density at radius 1 is 0.577 bits per heavy atom. The molecule has 3 aromatic heterocycles. The standard InChI is InChI=1S/C27H29FN2O5.C26H29N3O3.C23H20Cl2N2O3.H2/c1-18(32-2)17-34-22-9-6-19(15-24(22)33-3)26(31)29-13-10-27(11-14-29)25-5-4-12-30(25)21-8-7-20(28)16-23(21)35-27;1-25(2,3)31-19-11-9-18(10-12-19)24(30)29-15-13-26(14-16-29)21-17-27-28(4)23(21)20-7-5-6-8-22(20)32-26;1-29-18-12-15(11-17(25)13-18)22(28)26-9-6-23(7-10-26)21-3-2-8-27(21)19-5-4-16(24)14-20(19)30-23;/h4-9,12,15-16,18H,10-11,13-14,17H2,1-3H3;5-12,17H,13-16H2,1-4H3;2-5,8,11-14H,6-7,9-10H2,1H3;1H/t18-;;;/m1.../s1. The van der Waals surface area contributed by atoms with Gasteiger partial charge in [-0.15, -0.1) is 0 Å². The molecule has 97 heavy (non-hydrogen) atoms. The maximum Gasteiger partial charge on any atom is 0.254 e. The minimum absolute atomic E-state index is 0. The van der Waals surface area contributed by atoms with Crippen molar-refractivity contribution in [1.82, 2.24) is 33.6 Å². The Morgan fingerprint density at radius 2 is 1.13 bits per heavy atom. The smallest absolute Gasteiger partial charge is 0.254 e. The highest BCUT2D eigenvalue weighted by atomic mass is 35.5. The first-order chi connectivity index (χ1) is 46.7. The van der Waals surface area contributed by atoms with Crippen LogP contribution in [0.15, 0.2) is 164 Å². The molecule has 0 saturated carbocycles. The van der Waals surface area contributed by atoms with Gasteiger partial charge in [0, 0.05) is 156 Å². The lowest BCUT2D eigenvalue weighted by atomic mass is 9.81. The zero-order valence-corrected chi connectivity index (χ0v) is 57.1. The average Bonchev–Trinajstić information content (AvgIpc) is 1.81. The fourth-order valence-corrected chi connectivity index (χ4v) is 14.3. The molecule has 3 spiro atoms. The average molecular weight is 1360 g/mol. The number of hydrogen-bond acceptors (Lipinski definition) is 12. The first kappa shape index (κ1) is 66.2. The molecule has 6 aromatic carbocycles. The molecule has 21 heteroatoms. The van der Waals surface area contributed by atoms with Crippen LogP contribution >= 0.6 is 23.2 Å². The van der Waals surface area contributed by atoms with Crippen molar-refractivity contribution in [3.8, 4) is 62.9 Å². The molecule has 18 nitrogen and oxygen atoms in total. The van der Waals surface area contributed by atoms with Gasteiger partial charge in [-0.25, -0.2) is 4.39 Å². The van der Waals surface area contributed by atoms with Gasteiger partial charge >= 0.3 is 0 Å². The Kier molecular flexibility index (Phi) is 18.3. The lowest BCUT2D eigenvalue weighted by molar-refractivity contribution is -0.00989. The molecule has 0 bridgehead atoms. The Balaban J connectivity index is 0.000000140. The number of rotatable bonds is 10. The van der Waals surface area contributed by atoms with Crippen molar-refractivity contribution in [2.45, 2.75) is 94.7 Å². The number of fused-ring (bicyclic) bond motifs is 12. The first-order valence-electron chi connectivity index (χ1n) is 32.7. The molecule has 9 aromatic rings. The topological polar surface area (TPSA) is 162 Å². The predicted octanol–water partition coefficient (Wildman–Crippen LogP) is 14.9. The second-order valence-electron chi connectivity index (χ2n) is 26.3. The van der Waals surface area contributed by atoms with E-state index in [1.165, 1.54) is 12.1 Å². The van der Waals surface area contributed by atoms with E-state index in [4.69, 9.17) is 61.1 Å². The van der Waals surface area contributed by atoms with Crippen molar-refractivity contribution in [1.29, 1.82) is 0 Å². The maximum atomic E-state index is 13.9. The third-order valence-corrected chi connectivity index (χ3v) is 19.5. The number of carbonyl (C=O) groups excluding carboxylic acids is 3. The molecule has 0 radical (unpaired) electrons. The second-order valence-corrected chi connectivity index (χ2v) is 27.2. The Labute approximate surface area is 575 Å². The Hall–Kier alpha value is -9.43. The number of piperidine rings is 3. The monoisotopic (exact) mass is 1360 g/mol. The number of methoxy groups -OCH3 is 3. The summed E-state index contributed by atoms with van der Waals surface area (Å²) in [5, 5.41) is 5.65. The summed E-state index contributed by atoms with van der Waals surface area (Å²) in [6.45, 7) is 11.8. The third-order valence-electron chi connectivity index (χ3n) is 19.0. The Morgan fingerprint density at radius 3 is 1.73 bits per heavy atom. The number of aromatic nitrogens is 4. The van der Waals surface area contributed by atoms with E-state index in [1.807, 2.05) is 152 Å². The fraction of sp³-hybridized carbons (Fsp3) is 0.342. The lowest BCUT2D eigenvalue weighted by Crippen LogP contribution is -2.50. The van der Waals surface area contributed by atoms with E-state index in [-0.39, 0.29) is 36.7 Å². The molecular formula is C76H80Cl2FN7O11. The van der Waals surface area contributed by atoms with Crippen LogP contribution in [-0.2, 0) is 28.6 Å². The van der Waals surface area contributed by atoms with E-state index in [9.17, 15) is 18.8 Å². The zero-order valence-electron chi connectivity index (χ0n) is 55.6. The summed E-state index contributed by atoms with van der Waals surface area (Å²) < 4.78 is 67.2. The van der Waals surface area contributed by atoms with E-state index < -0.39 is 16.8 Å². The van der Waals surface area contributed by atoms with Crippen LogP contribution in [0.4, 0.5) is 4.39 Å². The van der Waals surface area contributed by atoms with Gasteiger partial charge < -0.3 is 61.7 Å². The highest BCUT2D eigenvalue weighted by Gasteiger charge is 2.48. The summed E-state index contributed by atoms with van der Waals surface area (Å²) in [5.41, 5.74) is 7.18. The van der Waals surface area contributed by atoms with E-state index in [0.717, 1.165) is 69.7 Å². The molecule has 0 unspecified atom stereocenters. The summed E-state index contributed by atoms with van der Waals surface area (Å²) >= 11 is 12.4.